The summed E-state index contributed by atoms with van der Waals surface area (Å²) in [6.07, 6.45) is 0. The highest BCUT2D eigenvalue weighted by Gasteiger charge is 2.51. The average molecular weight is 387 g/mol. The van der Waals surface area contributed by atoms with Crippen LogP contribution in [0.15, 0.2) is 42.5 Å². The van der Waals surface area contributed by atoms with E-state index in [4.69, 9.17) is 25.6 Å². The molecule has 0 bridgehead atoms. The van der Waals surface area contributed by atoms with Gasteiger partial charge in [0.25, 0.3) is 0 Å². The van der Waals surface area contributed by atoms with E-state index in [9.17, 15) is 0 Å². The van der Waals surface area contributed by atoms with Crippen LogP contribution in [0.1, 0.15) is 58.6 Å². The van der Waals surface area contributed by atoms with Crippen molar-refractivity contribution < 1.29 is 14.0 Å². The van der Waals surface area contributed by atoms with E-state index in [0.717, 1.165) is 11.0 Å². The average Bonchev–Trinajstić information content (AvgIpc) is 2.82. The lowest BCUT2D eigenvalue weighted by Crippen LogP contribution is -2.41. The Hall–Kier alpha value is -1.49. The van der Waals surface area contributed by atoms with Crippen LogP contribution in [0.25, 0.3) is 0 Å². The summed E-state index contributed by atoms with van der Waals surface area (Å²) in [6.45, 7) is 13.0. The maximum Gasteiger partial charge on any atom is 0.494 e. The van der Waals surface area contributed by atoms with Crippen LogP contribution < -0.4 is 10.2 Å². The Balaban J connectivity index is 1.67. The molecule has 144 valence electrons. The summed E-state index contributed by atoms with van der Waals surface area (Å²) in [7, 11) is -0.426. The minimum absolute atomic E-state index is 0.374. The Kier molecular flexibility index (Phi) is 5.63. The van der Waals surface area contributed by atoms with Gasteiger partial charge in [0, 0.05) is 0 Å². The van der Waals surface area contributed by atoms with Crippen LogP contribution in [0.4, 0.5) is 0 Å². The van der Waals surface area contributed by atoms with Gasteiger partial charge in [-0.15, -0.1) is 0 Å². The smallest absolute Gasteiger partial charge is 0.487 e. The molecule has 0 aliphatic carbocycles. The first kappa shape index (κ1) is 20.3. The van der Waals surface area contributed by atoms with Gasteiger partial charge >= 0.3 is 7.12 Å². The molecule has 5 heteroatoms. The summed E-state index contributed by atoms with van der Waals surface area (Å²) in [4.78, 5) is 0. The molecule has 2 aromatic rings. The molecule has 0 saturated carbocycles. The molecule has 0 radical (unpaired) electrons. The Morgan fingerprint density at radius 2 is 1.56 bits per heavy atom. The van der Waals surface area contributed by atoms with Crippen molar-refractivity contribution in [2.24, 2.45) is 0 Å². The first-order chi connectivity index (χ1) is 12.6. The fourth-order valence-electron chi connectivity index (χ4n) is 2.92. The SMILES string of the molecule is CC(C)c1ccc(COc2ccc(B3OC(C)(C)C(C)(C)O3)cc2Cl)cc1. The minimum atomic E-state index is -0.426. The lowest BCUT2D eigenvalue weighted by molar-refractivity contribution is 0.00578. The first-order valence-corrected chi connectivity index (χ1v) is 9.83. The lowest BCUT2D eigenvalue weighted by Gasteiger charge is -2.32. The van der Waals surface area contributed by atoms with Crippen molar-refractivity contribution in [2.45, 2.75) is 65.3 Å². The summed E-state index contributed by atoms with van der Waals surface area (Å²) >= 11 is 6.45. The molecule has 2 aromatic carbocycles. The molecule has 1 aliphatic rings. The molecular formula is C22H28BClO3. The molecule has 1 saturated heterocycles. The van der Waals surface area contributed by atoms with Crippen molar-refractivity contribution in [3.63, 3.8) is 0 Å². The molecular weight excluding hydrogens is 359 g/mol. The molecule has 0 aromatic heterocycles. The van der Waals surface area contributed by atoms with Crippen LogP contribution in [-0.2, 0) is 15.9 Å². The quantitative estimate of drug-likeness (QED) is 0.649. The van der Waals surface area contributed by atoms with E-state index >= 15 is 0 Å². The van der Waals surface area contributed by atoms with Crippen LogP contribution >= 0.6 is 11.6 Å². The Labute approximate surface area is 168 Å². The summed E-state index contributed by atoms with van der Waals surface area (Å²) in [5.74, 6) is 1.18. The third kappa shape index (κ3) is 4.34. The zero-order valence-electron chi connectivity index (χ0n) is 17.0. The predicted molar refractivity (Wildman–Crippen MR) is 112 cm³/mol. The van der Waals surface area contributed by atoms with Gasteiger partial charge in [0.2, 0.25) is 0 Å². The minimum Gasteiger partial charge on any atom is -0.487 e. The van der Waals surface area contributed by atoms with E-state index in [1.54, 1.807) is 0 Å². The van der Waals surface area contributed by atoms with Gasteiger partial charge in [0.15, 0.2) is 0 Å². The standard InChI is InChI=1S/C22H28BClO3/c1-15(2)17-9-7-16(8-10-17)14-25-20-12-11-18(13-19(20)24)23-26-21(3,4)22(5,6)27-23/h7-13,15H,14H2,1-6H3. The van der Waals surface area contributed by atoms with Crippen molar-refractivity contribution in [1.29, 1.82) is 0 Å². The zero-order chi connectivity index (χ0) is 19.8. The maximum absolute atomic E-state index is 6.45. The molecule has 0 spiro atoms. The van der Waals surface area contributed by atoms with Gasteiger partial charge in [-0.25, -0.2) is 0 Å². The monoisotopic (exact) mass is 386 g/mol. The lowest BCUT2D eigenvalue weighted by atomic mass is 9.79. The van der Waals surface area contributed by atoms with Crippen molar-refractivity contribution in [2.75, 3.05) is 0 Å². The van der Waals surface area contributed by atoms with Gasteiger partial charge in [-0.1, -0.05) is 55.8 Å². The molecule has 1 aliphatic heterocycles. The second-order valence-electron chi connectivity index (χ2n) is 8.46. The fraction of sp³-hybridized carbons (Fsp3) is 0.455. The number of halogens is 1. The van der Waals surface area contributed by atoms with Gasteiger partial charge in [0.05, 0.1) is 16.2 Å². The van der Waals surface area contributed by atoms with Crippen molar-refractivity contribution in [3.05, 3.63) is 58.6 Å². The topological polar surface area (TPSA) is 27.7 Å². The molecule has 0 unspecified atom stereocenters. The van der Waals surface area contributed by atoms with Gasteiger partial charge in [-0.2, -0.15) is 0 Å². The second kappa shape index (κ2) is 7.50. The van der Waals surface area contributed by atoms with E-state index in [2.05, 4.69) is 38.1 Å². The fourth-order valence-corrected chi connectivity index (χ4v) is 3.16. The van der Waals surface area contributed by atoms with E-state index in [1.165, 1.54) is 5.56 Å². The van der Waals surface area contributed by atoms with Gasteiger partial charge in [-0.3, -0.25) is 0 Å². The van der Waals surface area contributed by atoms with Crippen LogP contribution in [0, 0.1) is 0 Å². The Bertz CT molecular complexity index is 784. The molecule has 0 N–H and O–H groups in total. The molecule has 1 heterocycles. The number of rotatable bonds is 5. The van der Waals surface area contributed by atoms with Crippen LogP contribution in [0.3, 0.4) is 0 Å². The summed E-state index contributed by atoms with van der Waals surface area (Å²) < 4.78 is 18.1. The maximum atomic E-state index is 6.45. The Morgan fingerprint density at radius 3 is 2.07 bits per heavy atom. The van der Waals surface area contributed by atoms with Gasteiger partial charge < -0.3 is 14.0 Å². The molecule has 3 rings (SSSR count). The zero-order valence-corrected chi connectivity index (χ0v) is 17.8. The second-order valence-corrected chi connectivity index (χ2v) is 8.87. The van der Waals surface area contributed by atoms with E-state index < -0.39 is 7.12 Å². The van der Waals surface area contributed by atoms with Gasteiger partial charge in [0.1, 0.15) is 12.4 Å². The number of hydrogen-bond acceptors (Lipinski definition) is 3. The van der Waals surface area contributed by atoms with E-state index in [1.807, 2.05) is 45.9 Å². The number of benzene rings is 2. The predicted octanol–water partition coefficient (Wildman–Crippen LogP) is 5.34. The largest absolute Gasteiger partial charge is 0.494 e. The van der Waals surface area contributed by atoms with Crippen LogP contribution in [-0.4, -0.2) is 18.3 Å². The molecule has 0 atom stereocenters. The van der Waals surface area contributed by atoms with E-state index in [-0.39, 0.29) is 11.2 Å². The molecule has 27 heavy (non-hydrogen) atoms. The van der Waals surface area contributed by atoms with Crippen molar-refractivity contribution in [1.82, 2.24) is 0 Å². The number of ether oxygens (including phenoxy) is 1. The molecule has 1 fully saturated rings. The highest BCUT2D eigenvalue weighted by atomic mass is 35.5. The van der Waals surface area contributed by atoms with Crippen LogP contribution in [0.5, 0.6) is 5.75 Å². The van der Waals surface area contributed by atoms with Crippen molar-refractivity contribution >= 4 is 24.2 Å². The summed E-state index contributed by atoms with van der Waals surface area (Å²) in [5, 5.41) is 0.556. The third-order valence-corrected chi connectivity index (χ3v) is 5.82. The van der Waals surface area contributed by atoms with Crippen LogP contribution in [0.2, 0.25) is 5.02 Å². The van der Waals surface area contributed by atoms with Gasteiger partial charge in [-0.05, 0) is 62.3 Å². The third-order valence-electron chi connectivity index (χ3n) is 5.52. The first-order valence-electron chi connectivity index (χ1n) is 9.46. The van der Waals surface area contributed by atoms with E-state index in [0.29, 0.717) is 23.3 Å². The molecule has 3 nitrogen and oxygen atoms in total. The number of hydrogen-bond donors (Lipinski definition) is 0. The highest BCUT2D eigenvalue weighted by molar-refractivity contribution is 6.62. The highest BCUT2D eigenvalue weighted by Crippen LogP contribution is 2.37. The van der Waals surface area contributed by atoms with Crippen molar-refractivity contribution in [3.8, 4) is 5.75 Å². The molecule has 0 amide bonds. The summed E-state index contributed by atoms with van der Waals surface area (Å²) in [6, 6.07) is 14.2. The Morgan fingerprint density at radius 1 is 0.963 bits per heavy atom. The normalized spacial score (nSPS) is 18.1. The summed E-state index contributed by atoms with van der Waals surface area (Å²) in [5.41, 5.74) is 2.59.